The number of amides is 1. The van der Waals surface area contributed by atoms with Crippen LogP contribution in [0.1, 0.15) is 44.9 Å². The molecule has 2 aromatic heterocycles. The van der Waals surface area contributed by atoms with E-state index < -0.39 is 0 Å². The summed E-state index contributed by atoms with van der Waals surface area (Å²) in [6.45, 7) is 0. The molecule has 0 saturated heterocycles. The van der Waals surface area contributed by atoms with Crippen molar-refractivity contribution in [1.82, 2.24) is 19.9 Å². The molecule has 1 N–H and O–H groups in total. The number of aromatic nitrogens is 3. The van der Waals surface area contributed by atoms with Gasteiger partial charge >= 0.3 is 0 Å². The van der Waals surface area contributed by atoms with Gasteiger partial charge in [-0.05, 0) is 25.0 Å². The second-order valence-corrected chi connectivity index (χ2v) is 8.52. The fourth-order valence-electron chi connectivity index (χ4n) is 3.45. The topological polar surface area (TPSA) is 59.3 Å². The molecule has 0 unspecified atom stereocenters. The maximum absolute atomic E-state index is 12.4. The largest absolute Gasteiger partial charge is 0.353 e. The molecular weight excluding hydrogens is 352 g/mol. The lowest BCUT2D eigenvalue weighted by Gasteiger charge is -2.20. The highest BCUT2D eigenvalue weighted by atomic mass is 32.2. The molecular formula is C18H22N4OS2. The quantitative estimate of drug-likeness (QED) is 0.693. The lowest BCUT2D eigenvalue weighted by atomic mass is 9.97. The van der Waals surface area contributed by atoms with Gasteiger partial charge in [0.05, 0.1) is 16.0 Å². The van der Waals surface area contributed by atoms with Gasteiger partial charge < -0.3 is 5.32 Å². The molecule has 1 amide bonds. The van der Waals surface area contributed by atoms with E-state index in [-0.39, 0.29) is 5.91 Å². The van der Waals surface area contributed by atoms with E-state index in [1.807, 2.05) is 16.5 Å². The first-order chi connectivity index (χ1) is 12.3. The van der Waals surface area contributed by atoms with E-state index in [0.29, 0.717) is 11.8 Å². The Balaban J connectivity index is 1.40. The number of hydrogen-bond donors (Lipinski definition) is 1. The van der Waals surface area contributed by atoms with E-state index in [0.717, 1.165) is 28.5 Å². The number of para-hydroxylation sites is 1. The maximum Gasteiger partial charge on any atom is 0.230 e. The van der Waals surface area contributed by atoms with Gasteiger partial charge in [0.2, 0.25) is 10.9 Å². The number of thiazole rings is 1. The minimum absolute atomic E-state index is 0.104. The van der Waals surface area contributed by atoms with Crippen LogP contribution in [0, 0.1) is 0 Å². The molecule has 1 fully saturated rings. The zero-order valence-electron chi connectivity index (χ0n) is 14.1. The number of carbonyl (C=O) groups excluding carboxylic acids is 1. The highest BCUT2D eigenvalue weighted by molar-refractivity contribution is 7.99. The third-order valence-electron chi connectivity index (χ3n) is 4.71. The first-order valence-corrected chi connectivity index (χ1v) is 10.8. The van der Waals surface area contributed by atoms with Crippen molar-refractivity contribution in [3.63, 3.8) is 0 Å². The molecule has 1 saturated carbocycles. The number of thioether (sulfide) groups is 1. The summed E-state index contributed by atoms with van der Waals surface area (Å²) in [5.41, 5.74) is 1.11. The third kappa shape index (κ3) is 3.82. The van der Waals surface area contributed by atoms with E-state index in [1.165, 1.54) is 48.6 Å². The molecule has 0 bridgehead atoms. The number of nitrogens with zero attached hydrogens (tertiary/aromatic N) is 3. The number of nitrogens with one attached hydrogen (secondary N) is 1. The second-order valence-electron chi connectivity index (χ2n) is 6.57. The van der Waals surface area contributed by atoms with Crippen molar-refractivity contribution in [1.29, 1.82) is 0 Å². The van der Waals surface area contributed by atoms with Crippen LogP contribution in [0.2, 0.25) is 0 Å². The molecule has 0 radical (unpaired) electrons. The van der Waals surface area contributed by atoms with Gasteiger partial charge in [-0.1, -0.05) is 67.3 Å². The Hall–Kier alpha value is -1.60. The molecule has 132 valence electrons. The Morgan fingerprint density at radius 3 is 2.76 bits per heavy atom. The van der Waals surface area contributed by atoms with Gasteiger partial charge in [0, 0.05) is 6.04 Å². The Morgan fingerprint density at radius 2 is 1.92 bits per heavy atom. The summed E-state index contributed by atoms with van der Waals surface area (Å²) in [6.07, 6.45) is 8.61. The van der Waals surface area contributed by atoms with Crippen LogP contribution in [-0.2, 0) is 4.79 Å². The summed E-state index contributed by atoms with van der Waals surface area (Å²) in [7, 11) is 0. The maximum atomic E-state index is 12.4. The normalized spacial score (nSPS) is 16.8. The molecule has 0 atom stereocenters. The standard InChI is InChI=1S/C18H22N4OS2/c23-16(19-13-8-4-2-1-3-5-9-13)12-24-17-20-21-18-22(17)14-10-6-7-11-15(14)25-18/h6-7,10-11,13H,1-5,8-9,12H2,(H,19,23). The van der Waals surface area contributed by atoms with E-state index in [1.54, 1.807) is 11.3 Å². The van der Waals surface area contributed by atoms with Gasteiger partial charge in [-0.2, -0.15) is 0 Å². The van der Waals surface area contributed by atoms with Crippen LogP contribution >= 0.6 is 23.1 Å². The molecule has 0 spiro atoms. The fraction of sp³-hybridized carbons (Fsp3) is 0.500. The lowest BCUT2D eigenvalue weighted by molar-refractivity contribution is -0.119. The van der Waals surface area contributed by atoms with Crippen LogP contribution < -0.4 is 5.32 Å². The van der Waals surface area contributed by atoms with Gasteiger partial charge in [-0.25, -0.2) is 0 Å². The molecule has 4 rings (SSSR count). The van der Waals surface area contributed by atoms with Crippen LogP contribution in [0.25, 0.3) is 15.2 Å². The van der Waals surface area contributed by atoms with Crippen molar-refractivity contribution in [2.75, 3.05) is 5.75 Å². The lowest BCUT2D eigenvalue weighted by Crippen LogP contribution is -2.36. The van der Waals surface area contributed by atoms with Gasteiger partial charge in [0.15, 0.2) is 5.16 Å². The average molecular weight is 375 g/mol. The summed E-state index contributed by atoms with van der Waals surface area (Å²) < 4.78 is 3.24. The van der Waals surface area contributed by atoms with Crippen molar-refractivity contribution in [3.05, 3.63) is 24.3 Å². The zero-order valence-corrected chi connectivity index (χ0v) is 15.7. The number of benzene rings is 1. The Kier molecular flexibility index (Phi) is 5.22. The van der Waals surface area contributed by atoms with Gasteiger partial charge in [-0.15, -0.1) is 10.2 Å². The second kappa shape index (κ2) is 7.74. The SMILES string of the molecule is O=C(CSc1nnc2sc3ccccc3n12)NC1CCCCCCC1. The number of fused-ring (bicyclic) bond motifs is 3. The molecule has 1 aromatic carbocycles. The summed E-state index contributed by atoms with van der Waals surface area (Å²) in [6, 6.07) is 8.55. The number of carbonyl (C=O) groups is 1. The molecule has 2 heterocycles. The Morgan fingerprint density at radius 1 is 1.16 bits per heavy atom. The molecule has 25 heavy (non-hydrogen) atoms. The van der Waals surface area contributed by atoms with E-state index >= 15 is 0 Å². The summed E-state index contributed by atoms with van der Waals surface area (Å²) >= 11 is 3.09. The highest BCUT2D eigenvalue weighted by Crippen LogP contribution is 2.29. The monoisotopic (exact) mass is 374 g/mol. The van der Waals surface area contributed by atoms with Gasteiger partial charge in [0.1, 0.15) is 0 Å². The van der Waals surface area contributed by atoms with Crippen molar-refractivity contribution in [2.45, 2.75) is 56.1 Å². The highest BCUT2D eigenvalue weighted by Gasteiger charge is 2.17. The van der Waals surface area contributed by atoms with Crippen LogP contribution in [0.3, 0.4) is 0 Å². The molecule has 7 heteroatoms. The van der Waals surface area contributed by atoms with Crippen molar-refractivity contribution in [2.24, 2.45) is 0 Å². The average Bonchev–Trinajstić information content (AvgIpc) is 3.14. The minimum atomic E-state index is 0.104. The molecule has 3 aromatic rings. The predicted molar refractivity (Wildman–Crippen MR) is 103 cm³/mol. The predicted octanol–water partition coefficient (Wildman–Crippen LogP) is 4.27. The smallest absolute Gasteiger partial charge is 0.230 e. The van der Waals surface area contributed by atoms with Crippen LogP contribution in [0.5, 0.6) is 0 Å². The Bertz CT molecular complexity index is 864. The molecule has 1 aliphatic rings. The minimum Gasteiger partial charge on any atom is -0.353 e. The van der Waals surface area contributed by atoms with E-state index in [9.17, 15) is 4.79 Å². The summed E-state index contributed by atoms with van der Waals surface area (Å²) in [5, 5.41) is 12.5. The summed E-state index contributed by atoms with van der Waals surface area (Å²) in [4.78, 5) is 13.2. The van der Waals surface area contributed by atoms with Crippen LogP contribution in [0.4, 0.5) is 0 Å². The van der Waals surface area contributed by atoms with Crippen LogP contribution in [0.15, 0.2) is 29.4 Å². The third-order valence-corrected chi connectivity index (χ3v) is 6.65. The van der Waals surface area contributed by atoms with E-state index in [4.69, 9.17) is 0 Å². The molecule has 5 nitrogen and oxygen atoms in total. The van der Waals surface area contributed by atoms with Crippen molar-refractivity contribution >= 4 is 44.2 Å². The molecule has 1 aliphatic carbocycles. The van der Waals surface area contributed by atoms with E-state index in [2.05, 4.69) is 27.6 Å². The zero-order chi connectivity index (χ0) is 17.1. The van der Waals surface area contributed by atoms with Gasteiger partial charge in [0.25, 0.3) is 0 Å². The first kappa shape index (κ1) is 16.8. The molecule has 0 aliphatic heterocycles. The van der Waals surface area contributed by atoms with Gasteiger partial charge in [-0.3, -0.25) is 9.20 Å². The summed E-state index contributed by atoms with van der Waals surface area (Å²) in [5.74, 6) is 0.494. The number of rotatable bonds is 4. The van der Waals surface area contributed by atoms with Crippen LogP contribution in [-0.4, -0.2) is 32.3 Å². The number of hydrogen-bond acceptors (Lipinski definition) is 5. The van der Waals surface area contributed by atoms with Crippen molar-refractivity contribution in [3.8, 4) is 0 Å². The fourth-order valence-corrected chi connectivity index (χ4v) is 5.23. The Labute approximate surface area is 155 Å². The first-order valence-electron chi connectivity index (χ1n) is 8.96. The van der Waals surface area contributed by atoms with Crippen molar-refractivity contribution < 1.29 is 4.79 Å².